The molecule has 0 spiro atoms. The zero-order valence-corrected chi connectivity index (χ0v) is 17.3. The molecule has 31 heavy (non-hydrogen) atoms. The molecule has 0 saturated heterocycles. The third kappa shape index (κ3) is 3.36. The minimum Gasteiger partial charge on any atom is -0.369 e. The van der Waals surface area contributed by atoms with Crippen molar-refractivity contribution in [3.63, 3.8) is 0 Å². The van der Waals surface area contributed by atoms with Gasteiger partial charge in [0.2, 0.25) is 5.82 Å². The summed E-state index contributed by atoms with van der Waals surface area (Å²) in [7, 11) is -1.18. The van der Waals surface area contributed by atoms with Gasteiger partial charge in [-0.1, -0.05) is 31.2 Å². The minimum atomic E-state index is -3.42. The molecule has 4 heterocycles. The lowest BCUT2D eigenvalue weighted by Gasteiger charge is -2.15. The average molecular weight is 438 g/mol. The number of fused-ring (bicyclic) bond motifs is 2. The number of rotatable bonds is 5. The topological polar surface area (TPSA) is 80.6 Å². The van der Waals surface area contributed by atoms with Crippen LogP contribution in [0.4, 0.5) is 8.78 Å². The Labute approximate surface area is 176 Å². The SMILES string of the molecule is CCP(O)c1ccc(-c2ccc3nnc(C(F)(F)c4ccc5nccn5c4)n3n2)cc1. The van der Waals surface area contributed by atoms with Gasteiger partial charge in [0.25, 0.3) is 0 Å². The van der Waals surface area contributed by atoms with Crippen molar-refractivity contribution in [1.82, 2.24) is 29.2 Å². The van der Waals surface area contributed by atoms with E-state index in [1.807, 2.05) is 31.2 Å². The Morgan fingerprint density at radius 3 is 2.55 bits per heavy atom. The van der Waals surface area contributed by atoms with E-state index in [1.165, 1.54) is 22.7 Å². The quantitative estimate of drug-likeness (QED) is 0.424. The summed E-state index contributed by atoms with van der Waals surface area (Å²) in [5, 5.41) is 12.8. The van der Waals surface area contributed by atoms with Gasteiger partial charge in [0.15, 0.2) is 5.65 Å². The Hall–Kier alpha value is -3.29. The van der Waals surface area contributed by atoms with Gasteiger partial charge in [-0.25, -0.2) is 4.98 Å². The van der Waals surface area contributed by atoms with E-state index < -0.39 is 19.9 Å². The molecule has 0 aliphatic carbocycles. The molecule has 0 fully saturated rings. The van der Waals surface area contributed by atoms with E-state index in [-0.39, 0.29) is 11.2 Å². The highest BCUT2D eigenvalue weighted by molar-refractivity contribution is 7.59. The monoisotopic (exact) mass is 438 g/mol. The third-order valence-electron chi connectivity index (χ3n) is 5.06. The van der Waals surface area contributed by atoms with Crippen LogP contribution in [0, 0.1) is 0 Å². The molecule has 5 rings (SSSR count). The smallest absolute Gasteiger partial charge is 0.335 e. The van der Waals surface area contributed by atoms with Crippen LogP contribution in [0.15, 0.2) is 67.1 Å². The lowest BCUT2D eigenvalue weighted by molar-refractivity contribution is 0.0302. The average Bonchev–Trinajstić information content (AvgIpc) is 3.44. The highest BCUT2D eigenvalue weighted by Crippen LogP contribution is 2.35. The van der Waals surface area contributed by atoms with E-state index in [4.69, 9.17) is 0 Å². The summed E-state index contributed by atoms with van der Waals surface area (Å²) in [5.41, 5.74) is 1.81. The Morgan fingerprint density at radius 2 is 1.77 bits per heavy atom. The summed E-state index contributed by atoms with van der Waals surface area (Å²) in [4.78, 5) is 14.1. The molecule has 4 aromatic heterocycles. The minimum absolute atomic E-state index is 0.226. The van der Waals surface area contributed by atoms with Crippen molar-refractivity contribution >= 4 is 24.7 Å². The standard InChI is InChI=1S/C21H17F2N6OP/c1-2-31(30)16-6-3-14(4-7-16)17-8-10-19-25-26-20(29(19)27-17)21(22,23)15-5-9-18-24-11-12-28(18)13-15/h3-13,30H,2H2,1H3. The molecule has 0 aliphatic rings. The fraction of sp³-hybridized carbons (Fsp3) is 0.143. The zero-order valence-electron chi connectivity index (χ0n) is 16.4. The van der Waals surface area contributed by atoms with E-state index in [1.54, 1.807) is 24.5 Å². The van der Waals surface area contributed by atoms with E-state index in [2.05, 4.69) is 20.3 Å². The molecule has 10 heteroatoms. The number of aromatic nitrogens is 6. The molecule has 7 nitrogen and oxygen atoms in total. The van der Waals surface area contributed by atoms with Crippen LogP contribution in [0.25, 0.3) is 22.6 Å². The highest BCUT2D eigenvalue weighted by atomic mass is 31.1. The van der Waals surface area contributed by atoms with Crippen LogP contribution in [0.3, 0.4) is 0 Å². The van der Waals surface area contributed by atoms with Gasteiger partial charge < -0.3 is 9.29 Å². The van der Waals surface area contributed by atoms with Gasteiger partial charge >= 0.3 is 5.92 Å². The van der Waals surface area contributed by atoms with Gasteiger partial charge in [0.1, 0.15) is 5.65 Å². The molecule has 0 amide bonds. The molecule has 0 saturated carbocycles. The molecular formula is C21H17F2N6OP. The third-order valence-corrected chi connectivity index (χ3v) is 6.55. The fourth-order valence-electron chi connectivity index (χ4n) is 3.36. The predicted octanol–water partition coefficient (Wildman–Crippen LogP) is 3.61. The molecule has 1 unspecified atom stereocenters. The molecular weight excluding hydrogens is 421 g/mol. The number of pyridine rings is 1. The Morgan fingerprint density at radius 1 is 1.00 bits per heavy atom. The molecule has 1 aromatic carbocycles. The summed E-state index contributed by atoms with van der Waals surface area (Å²) < 4.78 is 33.4. The van der Waals surface area contributed by atoms with E-state index in [9.17, 15) is 4.89 Å². The van der Waals surface area contributed by atoms with Crippen LogP contribution in [0.2, 0.25) is 0 Å². The van der Waals surface area contributed by atoms with Crippen LogP contribution in [-0.2, 0) is 5.92 Å². The Kier molecular flexibility index (Phi) is 4.72. The first-order chi connectivity index (χ1) is 15.0. The number of imidazole rings is 1. The number of alkyl halides is 2. The lowest BCUT2D eigenvalue weighted by Crippen LogP contribution is -2.21. The van der Waals surface area contributed by atoms with Crippen molar-refractivity contribution < 1.29 is 13.7 Å². The summed E-state index contributed by atoms with van der Waals surface area (Å²) >= 11 is 0. The summed E-state index contributed by atoms with van der Waals surface area (Å²) in [5.74, 6) is -3.98. The maximum atomic E-state index is 15.4. The largest absolute Gasteiger partial charge is 0.369 e. The van der Waals surface area contributed by atoms with Gasteiger partial charge in [-0.15, -0.1) is 10.2 Å². The lowest BCUT2D eigenvalue weighted by atomic mass is 10.1. The first-order valence-corrected chi connectivity index (χ1v) is 11.1. The number of hydrogen-bond donors (Lipinski definition) is 1. The summed E-state index contributed by atoms with van der Waals surface area (Å²) in [6, 6.07) is 13.5. The van der Waals surface area contributed by atoms with Crippen molar-refractivity contribution in [2.24, 2.45) is 0 Å². The molecule has 0 aliphatic heterocycles. The van der Waals surface area contributed by atoms with Crippen molar-refractivity contribution in [2.75, 3.05) is 6.16 Å². The number of hydrogen-bond acceptors (Lipinski definition) is 5. The summed E-state index contributed by atoms with van der Waals surface area (Å²) in [6.45, 7) is 1.92. The van der Waals surface area contributed by atoms with Gasteiger partial charge in [0.05, 0.1) is 13.8 Å². The van der Waals surface area contributed by atoms with Crippen LogP contribution >= 0.6 is 8.15 Å². The zero-order chi connectivity index (χ0) is 21.6. The van der Waals surface area contributed by atoms with Crippen LogP contribution in [0.1, 0.15) is 18.3 Å². The van der Waals surface area contributed by atoms with Crippen molar-refractivity contribution in [2.45, 2.75) is 12.8 Å². The van der Waals surface area contributed by atoms with Gasteiger partial charge in [-0.05, 0) is 30.4 Å². The molecule has 0 radical (unpaired) electrons. The van der Waals surface area contributed by atoms with Crippen LogP contribution < -0.4 is 5.30 Å². The normalized spacial score (nSPS) is 13.2. The molecule has 156 valence electrons. The van der Waals surface area contributed by atoms with Gasteiger partial charge in [-0.3, -0.25) is 0 Å². The molecule has 1 N–H and O–H groups in total. The van der Waals surface area contributed by atoms with E-state index in [0.29, 0.717) is 17.5 Å². The fourth-order valence-corrected chi connectivity index (χ4v) is 4.22. The Bertz CT molecular complexity index is 1380. The maximum Gasteiger partial charge on any atom is 0.335 e. The van der Waals surface area contributed by atoms with Crippen molar-refractivity contribution in [1.29, 1.82) is 0 Å². The van der Waals surface area contributed by atoms with Crippen LogP contribution in [-0.4, -0.2) is 40.3 Å². The van der Waals surface area contributed by atoms with Crippen molar-refractivity contribution in [3.05, 3.63) is 78.5 Å². The predicted molar refractivity (Wildman–Crippen MR) is 114 cm³/mol. The molecule has 1 atom stereocenters. The molecule has 0 bridgehead atoms. The number of halogens is 2. The Balaban J connectivity index is 1.57. The van der Waals surface area contributed by atoms with E-state index in [0.717, 1.165) is 15.4 Å². The second-order valence-electron chi connectivity index (χ2n) is 6.96. The first kappa shape index (κ1) is 19.7. The summed E-state index contributed by atoms with van der Waals surface area (Å²) in [6.07, 6.45) is 5.15. The number of nitrogens with zero attached hydrogens (tertiary/aromatic N) is 6. The number of benzene rings is 1. The van der Waals surface area contributed by atoms with Gasteiger partial charge in [-0.2, -0.15) is 18.4 Å². The first-order valence-electron chi connectivity index (χ1n) is 9.58. The van der Waals surface area contributed by atoms with Crippen molar-refractivity contribution in [3.8, 4) is 11.3 Å². The second kappa shape index (κ2) is 7.44. The van der Waals surface area contributed by atoms with Gasteiger partial charge in [0, 0.05) is 35.0 Å². The van der Waals surface area contributed by atoms with E-state index >= 15 is 8.78 Å². The highest BCUT2D eigenvalue weighted by Gasteiger charge is 2.40. The maximum absolute atomic E-state index is 15.4. The van der Waals surface area contributed by atoms with Crippen LogP contribution in [0.5, 0.6) is 0 Å². The molecule has 5 aromatic rings. The second-order valence-corrected chi connectivity index (χ2v) is 8.91.